The van der Waals surface area contributed by atoms with Gasteiger partial charge in [-0.05, 0) is 61.6 Å². The molecule has 0 bridgehead atoms. The molecule has 0 N–H and O–H groups in total. The molecule has 0 saturated carbocycles. The Balaban J connectivity index is 1.41. The molecule has 1 atom stereocenters. The standard InChI is InChI=1S/C27H24N2O3/c1-18-8-5-6-12-24(18)29-26(31)22-14-13-20(17-23(22)27(29)32)25(30)28-15-7-11-21(28)16-19-9-3-2-4-10-19/h2-6,8-10,12-14,17,21H,7,11,15-16H2,1H3/t21-/m0/s1. The second-order valence-electron chi connectivity index (χ2n) is 8.48. The monoisotopic (exact) mass is 424 g/mol. The summed E-state index contributed by atoms with van der Waals surface area (Å²) in [6.07, 6.45) is 2.74. The fourth-order valence-corrected chi connectivity index (χ4v) is 4.77. The number of hydrogen-bond acceptors (Lipinski definition) is 3. The summed E-state index contributed by atoms with van der Waals surface area (Å²) in [5.74, 6) is -0.807. The van der Waals surface area contributed by atoms with Crippen LogP contribution in [-0.2, 0) is 6.42 Å². The van der Waals surface area contributed by atoms with Crippen LogP contribution < -0.4 is 4.90 Å². The molecule has 2 heterocycles. The summed E-state index contributed by atoms with van der Waals surface area (Å²) in [4.78, 5) is 42.6. The number of carbonyl (C=O) groups excluding carboxylic acids is 3. The van der Waals surface area contributed by atoms with Crippen molar-refractivity contribution in [3.05, 3.63) is 101 Å². The number of para-hydroxylation sites is 1. The third-order valence-corrected chi connectivity index (χ3v) is 6.44. The van der Waals surface area contributed by atoms with Gasteiger partial charge in [-0.25, -0.2) is 4.90 Å². The maximum absolute atomic E-state index is 13.4. The smallest absolute Gasteiger partial charge is 0.266 e. The second kappa shape index (κ2) is 8.08. The van der Waals surface area contributed by atoms with Crippen molar-refractivity contribution in [1.29, 1.82) is 0 Å². The van der Waals surface area contributed by atoms with E-state index < -0.39 is 0 Å². The van der Waals surface area contributed by atoms with Crippen molar-refractivity contribution in [2.45, 2.75) is 32.2 Å². The van der Waals surface area contributed by atoms with Gasteiger partial charge in [-0.15, -0.1) is 0 Å². The van der Waals surface area contributed by atoms with Crippen LogP contribution in [0.1, 0.15) is 55.0 Å². The molecule has 3 aromatic carbocycles. The van der Waals surface area contributed by atoms with Crippen molar-refractivity contribution in [3.63, 3.8) is 0 Å². The molecule has 5 heteroatoms. The number of rotatable bonds is 4. The number of carbonyl (C=O) groups is 3. The Labute approximate surface area is 187 Å². The van der Waals surface area contributed by atoms with Crippen molar-refractivity contribution in [2.24, 2.45) is 0 Å². The summed E-state index contributed by atoms with van der Waals surface area (Å²) >= 11 is 0. The highest BCUT2D eigenvalue weighted by molar-refractivity contribution is 6.35. The third-order valence-electron chi connectivity index (χ3n) is 6.44. The van der Waals surface area contributed by atoms with Crippen molar-refractivity contribution in [1.82, 2.24) is 4.90 Å². The lowest BCUT2D eigenvalue weighted by atomic mass is 10.0. The number of amides is 3. The number of likely N-dealkylation sites (tertiary alicyclic amines) is 1. The zero-order valence-corrected chi connectivity index (χ0v) is 18.0. The Morgan fingerprint density at radius 1 is 0.906 bits per heavy atom. The molecule has 1 fully saturated rings. The molecular weight excluding hydrogens is 400 g/mol. The largest absolute Gasteiger partial charge is 0.335 e. The van der Waals surface area contributed by atoms with Gasteiger partial charge in [0, 0.05) is 18.2 Å². The summed E-state index contributed by atoms with van der Waals surface area (Å²) in [6.45, 7) is 2.57. The quantitative estimate of drug-likeness (QED) is 0.573. The van der Waals surface area contributed by atoms with Gasteiger partial charge in [-0.1, -0.05) is 48.5 Å². The Hall–Kier alpha value is -3.73. The molecule has 160 valence electrons. The first-order valence-corrected chi connectivity index (χ1v) is 11.0. The zero-order valence-electron chi connectivity index (χ0n) is 18.0. The van der Waals surface area contributed by atoms with Gasteiger partial charge >= 0.3 is 0 Å². The minimum Gasteiger partial charge on any atom is -0.335 e. The normalized spacial score (nSPS) is 17.7. The van der Waals surface area contributed by atoms with Crippen molar-refractivity contribution >= 4 is 23.4 Å². The topological polar surface area (TPSA) is 57.7 Å². The van der Waals surface area contributed by atoms with Crippen LogP contribution in [0.4, 0.5) is 5.69 Å². The molecule has 3 aromatic rings. The maximum atomic E-state index is 13.4. The number of fused-ring (bicyclic) bond motifs is 1. The Bertz CT molecular complexity index is 1220. The van der Waals surface area contributed by atoms with E-state index in [1.807, 2.05) is 42.2 Å². The van der Waals surface area contributed by atoms with E-state index in [4.69, 9.17) is 0 Å². The van der Waals surface area contributed by atoms with Crippen molar-refractivity contribution < 1.29 is 14.4 Å². The average Bonchev–Trinajstić information content (AvgIpc) is 3.37. The first-order chi connectivity index (χ1) is 15.5. The van der Waals surface area contributed by atoms with E-state index in [2.05, 4.69) is 12.1 Å². The van der Waals surface area contributed by atoms with E-state index in [1.165, 1.54) is 10.5 Å². The number of benzene rings is 3. The summed E-state index contributed by atoms with van der Waals surface area (Å²) in [5, 5.41) is 0. The predicted molar refractivity (Wildman–Crippen MR) is 123 cm³/mol. The number of aryl methyl sites for hydroxylation is 1. The van der Waals surface area contributed by atoms with Crippen LogP contribution >= 0.6 is 0 Å². The molecule has 0 spiro atoms. The minimum atomic E-state index is -0.379. The van der Waals surface area contributed by atoms with Crippen LogP contribution in [0.3, 0.4) is 0 Å². The number of anilines is 1. The predicted octanol–water partition coefficient (Wildman–Crippen LogP) is 4.64. The number of imide groups is 1. The number of nitrogens with zero attached hydrogens (tertiary/aromatic N) is 2. The molecule has 5 nitrogen and oxygen atoms in total. The van der Waals surface area contributed by atoms with E-state index in [1.54, 1.807) is 30.3 Å². The highest BCUT2D eigenvalue weighted by Crippen LogP contribution is 2.32. The second-order valence-corrected chi connectivity index (χ2v) is 8.48. The first kappa shape index (κ1) is 20.2. The van der Waals surface area contributed by atoms with Crippen LogP contribution in [0.25, 0.3) is 0 Å². The van der Waals surface area contributed by atoms with Gasteiger partial charge in [0.1, 0.15) is 0 Å². The summed E-state index contributed by atoms with van der Waals surface area (Å²) in [7, 11) is 0. The molecule has 2 aliphatic heterocycles. The van der Waals surface area contributed by atoms with E-state index >= 15 is 0 Å². The van der Waals surface area contributed by atoms with Gasteiger partial charge in [0.2, 0.25) is 0 Å². The molecule has 2 aliphatic rings. The molecule has 5 rings (SSSR count). The van der Waals surface area contributed by atoms with Crippen molar-refractivity contribution in [2.75, 3.05) is 11.4 Å². The lowest BCUT2D eigenvalue weighted by molar-refractivity contribution is 0.0736. The van der Waals surface area contributed by atoms with E-state index in [0.29, 0.717) is 28.9 Å². The summed E-state index contributed by atoms with van der Waals surface area (Å²) < 4.78 is 0. The minimum absolute atomic E-state index is 0.0826. The summed E-state index contributed by atoms with van der Waals surface area (Å²) in [5.41, 5.74) is 3.73. The van der Waals surface area contributed by atoms with E-state index in [-0.39, 0.29) is 23.8 Å². The molecule has 0 radical (unpaired) electrons. The van der Waals surface area contributed by atoms with Crippen LogP contribution in [0.15, 0.2) is 72.8 Å². The van der Waals surface area contributed by atoms with Gasteiger partial charge in [-0.3, -0.25) is 14.4 Å². The fourth-order valence-electron chi connectivity index (χ4n) is 4.77. The van der Waals surface area contributed by atoms with Gasteiger partial charge in [0.05, 0.1) is 16.8 Å². The molecule has 3 amide bonds. The van der Waals surface area contributed by atoms with Crippen molar-refractivity contribution in [3.8, 4) is 0 Å². The Morgan fingerprint density at radius 2 is 1.62 bits per heavy atom. The Kier molecular flexibility index (Phi) is 5.10. The van der Waals surface area contributed by atoms with Crippen LogP contribution in [-0.4, -0.2) is 35.2 Å². The van der Waals surface area contributed by atoms with Gasteiger partial charge in [-0.2, -0.15) is 0 Å². The molecule has 0 aliphatic carbocycles. The molecule has 0 unspecified atom stereocenters. The molecule has 32 heavy (non-hydrogen) atoms. The first-order valence-electron chi connectivity index (χ1n) is 11.0. The molecule has 0 aromatic heterocycles. The van der Waals surface area contributed by atoms with Crippen LogP contribution in [0, 0.1) is 6.92 Å². The Morgan fingerprint density at radius 3 is 2.41 bits per heavy atom. The van der Waals surface area contributed by atoms with Crippen LogP contribution in [0.5, 0.6) is 0 Å². The van der Waals surface area contributed by atoms with Gasteiger partial charge < -0.3 is 4.90 Å². The average molecular weight is 425 g/mol. The summed E-state index contributed by atoms with van der Waals surface area (Å²) in [6, 6.07) is 22.5. The van der Waals surface area contributed by atoms with Crippen LogP contribution in [0.2, 0.25) is 0 Å². The highest BCUT2D eigenvalue weighted by Gasteiger charge is 2.38. The maximum Gasteiger partial charge on any atom is 0.266 e. The van der Waals surface area contributed by atoms with E-state index in [0.717, 1.165) is 24.8 Å². The molecular formula is C27H24N2O3. The third kappa shape index (κ3) is 3.40. The molecule has 1 saturated heterocycles. The number of hydrogen-bond donors (Lipinski definition) is 0. The highest BCUT2D eigenvalue weighted by atomic mass is 16.2. The van der Waals surface area contributed by atoms with Gasteiger partial charge in [0.15, 0.2) is 0 Å². The SMILES string of the molecule is Cc1ccccc1N1C(=O)c2ccc(C(=O)N3CCC[C@H]3Cc3ccccc3)cc2C1=O. The van der Waals surface area contributed by atoms with Gasteiger partial charge in [0.25, 0.3) is 17.7 Å². The lowest BCUT2D eigenvalue weighted by Gasteiger charge is -2.25. The fraction of sp³-hybridized carbons (Fsp3) is 0.222. The zero-order chi connectivity index (χ0) is 22.2. The van der Waals surface area contributed by atoms with E-state index in [9.17, 15) is 14.4 Å². The lowest BCUT2D eigenvalue weighted by Crippen LogP contribution is -2.36.